The number of carbonyl (C=O) groups excluding carboxylic acids is 1. The number of carbonyl (C=O) groups is 1. The monoisotopic (exact) mass is 184 g/mol. The van der Waals surface area contributed by atoms with E-state index in [9.17, 15) is 4.79 Å². The molecular weight excluding hydrogens is 164 g/mol. The van der Waals surface area contributed by atoms with Crippen molar-refractivity contribution in [3.63, 3.8) is 0 Å². The van der Waals surface area contributed by atoms with Crippen LogP contribution in [-0.4, -0.2) is 28.9 Å². The molecule has 0 aliphatic carbocycles. The van der Waals surface area contributed by atoms with Crippen molar-refractivity contribution < 1.29 is 4.79 Å². The van der Waals surface area contributed by atoms with Crippen molar-refractivity contribution in [1.29, 1.82) is 0 Å². The van der Waals surface area contributed by atoms with Gasteiger partial charge in [-0.2, -0.15) is 0 Å². The zero-order valence-corrected chi connectivity index (χ0v) is 8.84. The third-order valence-electron chi connectivity index (χ3n) is 2.82. The van der Waals surface area contributed by atoms with Crippen LogP contribution in [0.5, 0.6) is 0 Å². The maximum absolute atomic E-state index is 11.6. The second-order valence-corrected chi connectivity index (χ2v) is 4.46. The lowest BCUT2D eigenvalue weighted by Crippen LogP contribution is -2.55. The lowest BCUT2D eigenvalue weighted by molar-refractivity contribution is -0.138. The van der Waals surface area contributed by atoms with E-state index in [-0.39, 0.29) is 17.5 Å². The van der Waals surface area contributed by atoms with Crippen LogP contribution in [0.2, 0.25) is 0 Å². The maximum atomic E-state index is 11.6. The third-order valence-corrected chi connectivity index (χ3v) is 2.82. The molecule has 1 unspecified atom stereocenters. The van der Waals surface area contributed by atoms with Gasteiger partial charge in [-0.1, -0.05) is 6.92 Å². The van der Waals surface area contributed by atoms with Crippen molar-refractivity contribution in [2.24, 2.45) is 5.73 Å². The number of nitrogens with two attached hydrogens (primary N) is 1. The van der Waals surface area contributed by atoms with Crippen LogP contribution in [0.1, 0.15) is 40.0 Å². The van der Waals surface area contributed by atoms with Gasteiger partial charge in [0, 0.05) is 24.5 Å². The van der Waals surface area contributed by atoms with E-state index in [1.807, 2.05) is 11.8 Å². The Labute approximate surface area is 80.3 Å². The second-order valence-electron chi connectivity index (χ2n) is 4.46. The van der Waals surface area contributed by atoms with E-state index in [1.54, 1.807) is 0 Å². The van der Waals surface area contributed by atoms with E-state index in [2.05, 4.69) is 13.8 Å². The van der Waals surface area contributed by atoms with E-state index in [1.165, 1.54) is 0 Å². The third kappa shape index (κ3) is 2.21. The molecule has 3 nitrogen and oxygen atoms in total. The van der Waals surface area contributed by atoms with E-state index in [0.717, 1.165) is 19.4 Å². The lowest BCUT2D eigenvalue weighted by atomic mass is 9.87. The first-order valence-corrected chi connectivity index (χ1v) is 5.03. The predicted octanol–water partition coefficient (Wildman–Crippen LogP) is 1.12. The smallest absolute Gasteiger partial charge is 0.222 e. The molecule has 0 aromatic rings. The van der Waals surface area contributed by atoms with Crippen LogP contribution < -0.4 is 5.73 Å². The van der Waals surface area contributed by atoms with E-state index in [0.29, 0.717) is 6.42 Å². The Morgan fingerprint density at radius 1 is 1.62 bits per heavy atom. The molecule has 1 aliphatic rings. The number of hydrogen-bond acceptors (Lipinski definition) is 2. The van der Waals surface area contributed by atoms with E-state index >= 15 is 0 Å². The zero-order chi connectivity index (χ0) is 10.1. The van der Waals surface area contributed by atoms with Crippen LogP contribution in [0.3, 0.4) is 0 Å². The fraction of sp³-hybridized carbons (Fsp3) is 0.900. The van der Waals surface area contributed by atoms with Gasteiger partial charge in [0.15, 0.2) is 0 Å². The van der Waals surface area contributed by atoms with Gasteiger partial charge >= 0.3 is 0 Å². The van der Waals surface area contributed by atoms with E-state index in [4.69, 9.17) is 5.73 Å². The summed E-state index contributed by atoms with van der Waals surface area (Å²) in [6.45, 7) is 6.92. The quantitative estimate of drug-likeness (QED) is 0.664. The number of amides is 1. The SMILES string of the molecule is CCC(=O)N1CCC(N)CC1(C)C. The van der Waals surface area contributed by atoms with Gasteiger partial charge in [0.2, 0.25) is 5.91 Å². The molecule has 0 radical (unpaired) electrons. The summed E-state index contributed by atoms with van der Waals surface area (Å²) < 4.78 is 0. The van der Waals surface area contributed by atoms with Gasteiger partial charge in [-0.05, 0) is 26.7 Å². The van der Waals surface area contributed by atoms with E-state index < -0.39 is 0 Å². The molecule has 1 saturated heterocycles. The summed E-state index contributed by atoms with van der Waals surface area (Å²) in [4.78, 5) is 13.5. The molecule has 3 heteroatoms. The Kier molecular flexibility index (Phi) is 2.96. The summed E-state index contributed by atoms with van der Waals surface area (Å²) in [5.41, 5.74) is 5.83. The van der Waals surface area contributed by atoms with Gasteiger partial charge in [-0.25, -0.2) is 0 Å². The van der Waals surface area contributed by atoms with Crippen molar-refractivity contribution in [3.8, 4) is 0 Å². The predicted molar refractivity (Wildman–Crippen MR) is 53.3 cm³/mol. The first-order chi connectivity index (χ1) is 5.97. The van der Waals surface area contributed by atoms with Gasteiger partial charge in [0.05, 0.1) is 0 Å². The number of nitrogens with zero attached hydrogens (tertiary/aromatic N) is 1. The molecule has 1 fully saturated rings. The van der Waals surface area contributed by atoms with Gasteiger partial charge in [-0.15, -0.1) is 0 Å². The second kappa shape index (κ2) is 3.66. The fourth-order valence-corrected chi connectivity index (χ4v) is 2.10. The zero-order valence-electron chi connectivity index (χ0n) is 8.84. The number of piperidine rings is 1. The van der Waals surface area contributed by atoms with Crippen molar-refractivity contribution >= 4 is 5.91 Å². The van der Waals surface area contributed by atoms with Crippen LogP contribution in [0.25, 0.3) is 0 Å². The molecule has 2 N–H and O–H groups in total. The Bertz CT molecular complexity index is 201. The highest BCUT2D eigenvalue weighted by molar-refractivity contribution is 5.76. The number of likely N-dealkylation sites (tertiary alicyclic amines) is 1. The molecule has 0 saturated carbocycles. The first kappa shape index (κ1) is 10.5. The molecule has 0 aromatic heterocycles. The van der Waals surface area contributed by atoms with Crippen LogP contribution in [0, 0.1) is 0 Å². The normalized spacial score (nSPS) is 27.4. The summed E-state index contributed by atoms with van der Waals surface area (Å²) in [5.74, 6) is 0.247. The highest BCUT2D eigenvalue weighted by Gasteiger charge is 2.35. The summed E-state index contributed by atoms with van der Waals surface area (Å²) in [5, 5.41) is 0. The Balaban J connectivity index is 2.69. The van der Waals surface area contributed by atoms with Crippen molar-refractivity contribution in [1.82, 2.24) is 4.90 Å². The molecule has 13 heavy (non-hydrogen) atoms. The van der Waals surface area contributed by atoms with Crippen LogP contribution >= 0.6 is 0 Å². The molecule has 0 aromatic carbocycles. The summed E-state index contributed by atoms with van der Waals surface area (Å²) in [6.07, 6.45) is 2.45. The molecule has 0 spiro atoms. The van der Waals surface area contributed by atoms with Crippen molar-refractivity contribution in [2.45, 2.75) is 51.6 Å². The van der Waals surface area contributed by atoms with Crippen molar-refractivity contribution in [2.75, 3.05) is 6.54 Å². The standard InChI is InChI=1S/C10H20N2O/c1-4-9(13)12-6-5-8(11)7-10(12,2)3/h8H,4-7,11H2,1-3H3. The minimum absolute atomic E-state index is 0.0508. The largest absolute Gasteiger partial charge is 0.337 e. The molecule has 1 heterocycles. The van der Waals surface area contributed by atoms with Gasteiger partial charge in [0.25, 0.3) is 0 Å². The average molecular weight is 184 g/mol. The highest BCUT2D eigenvalue weighted by atomic mass is 16.2. The van der Waals surface area contributed by atoms with Crippen LogP contribution in [0.4, 0.5) is 0 Å². The van der Waals surface area contributed by atoms with Crippen molar-refractivity contribution in [3.05, 3.63) is 0 Å². The maximum Gasteiger partial charge on any atom is 0.222 e. The highest BCUT2D eigenvalue weighted by Crippen LogP contribution is 2.27. The number of hydrogen-bond donors (Lipinski definition) is 1. The Morgan fingerprint density at radius 2 is 2.23 bits per heavy atom. The molecule has 1 aliphatic heterocycles. The first-order valence-electron chi connectivity index (χ1n) is 5.03. The summed E-state index contributed by atoms with van der Waals surface area (Å²) in [7, 11) is 0. The van der Waals surface area contributed by atoms with Gasteiger partial charge in [-0.3, -0.25) is 4.79 Å². The molecule has 1 atom stereocenters. The summed E-state index contributed by atoms with van der Waals surface area (Å²) in [6, 6.07) is 0.260. The van der Waals surface area contributed by atoms with Crippen LogP contribution in [0.15, 0.2) is 0 Å². The fourth-order valence-electron chi connectivity index (χ4n) is 2.10. The topological polar surface area (TPSA) is 46.3 Å². The van der Waals surface area contributed by atoms with Gasteiger partial charge < -0.3 is 10.6 Å². The molecule has 1 amide bonds. The Hall–Kier alpha value is -0.570. The van der Waals surface area contributed by atoms with Crippen LogP contribution in [-0.2, 0) is 4.79 Å². The minimum atomic E-state index is -0.0508. The molecule has 0 bridgehead atoms. The molecular formula is C10H20N2O. The Morgan fingerprint density at radius 3 is 2.69 bits per heavy atom. The number of rotatable bonds is 1. The molecule has 76 valence electrons. The summed E-state index contributed by atoms with van der Waals surface area (Å²) >= 11 is 0. The lowest BCUT2D eigenvalue weighted by Gasteiger charge is -2.44. The minimum Gasteiger partial charge on any atom is -0.337 e. The molecule has 1 rings (SSSR count). The average Bonchev–Trinajstić information content (AvgIpc) is 2.01. The van der Waals surface area contributed by atoms with Gasteiger partial charge in [0.1, 0.15) is 0 Å².